The molecule has 0 unspecified atom stereocenters. The number of nitrogens with zero attached hydrogens (tertiary/aromatic N) is 2. The molecule has 0 atom stereocenters. The molecule has 9 heavy (non-hydrogen) atoms. The summed E-state index contributed by atoms with van der Waals surface area (Å²) in [6.45, 7) is 1.99. The maximum Gasteiger partial charge on any atom is 0.0785 e. The minimum absolute atomic E-state index is 0.496. The number of nitrogens with one attached hydrogen (secondary N) is 1. The van der Waals surface area contributed by atoms with E-state index in [9.17, 15) is 0 Å². The summed E-state index contributed by atoms with van der Waals surface area (Å²) in [4.78, 5) is 0. The van der Waals surface area contributed by atoms with Gasteiger partial charge in [0, 0.05) is 7.05 Å². The van der Waals surface area contributed by atoms with Crippen LogP contribution in [0.1, 0.15) is 11.4 Å². The molecule has 48 valence electrons. The van der Waals surface area contributed by atoms with Crippen molar-refractivity contribution in [3.8, 4) is 6.07 Å². The lowest BCUT2D eigenvalue weighted by atomic mass is 10.2. The lowest BCUT2D eigenvalue weighted by Gasteiger charge is -2.14. The Bertz CT molecular complexity index is 236. The zero-order valence-corrected chi connectivity index (χ0v) is 5.60. The van der Waals surface area contributed by atoms with Crippen LogP contribution < -0.4 is 0 Å². The van der Waals surface area contributed by atoms with Crippen LogP contribution in [-0.4, -0.2) is 9.78 Å². The van der Waals surface area contributed by atoms with Gasteiger partial charge in [0.1, 0.15) is 0 Å². The summed E-state index contributed by atoms with van der Waals surface area (Å²) in [5.74, 6) is 0. The summed E-state index contributed by atoms with van der Waals surface area (Å²) >= 11 is 0. The van der Waals surface area contributed by atoms with Crippen molar-refractivity contribution in [1.82, 2.24) is 9.78 Å². The van der Waals surface area contributed by atoms with Crippen molar-refractivity contribution in [2.45, 2.75) is 13.3 Å². The Balaban J connectivity index is 2.70. The Hall–Kier alpha value is -1.17. The summed E-state index contributed by atoms with van der Waals surface area (Å²) in [5, 5.41) is 11.2. The summed E-state index contributed by atoms with van der Waals surface area (Å²) < 4.78 is 1.90. The number of nitriles is 1. The van der Waals surface area contributed by atoms with Crippen LogP contribution in [0.2, 0.25) is 0 Å². The molecule has 0 spiro atoms. The zero-order valence-electron chi connectivity index (χ0n) is 5.60. The van der Waals surface area contributed by atoms with Crippen LogP contribution in [-0.2, 0) is 13.5 Å². The smallest absolute Gasteiger partial charge is 0.0785 e. The fourth-order valence-electron chi connectivity index (χ4n) is 0.763. The number of H-pyrrole nitrogens is 1. The molecule has 1 N–H and O–H groups in total. The van der Waals surface area contributed by atoms with Crippen LogP contribution in [0.25, 0.3) is 0 Å². The zero-order chi connectivity index (χ0) is 6.85. The van der Waals surface area contributed by atoms with Gasteiger partial charge in [-0.25, -0.2) is 0 Å². The second-order valence-corrected chi connectivity index (χ2v) is 2.07. The van der Waals surface area contributed by atoms with Gasteiger partial charge in [-0.1, -0.05) is 0 Å². The fraction of sp³-hybridized carbons (Fsp3) is 0.500. The second kappa shape index (κ2) is 1.98. The van der Waals surface area contributed by atoms with Crippen LogP contribution in [0.3, 0.4) is 0 Å². The largest absolute Gasteiger partial charge is 0.300 e. The van der Waals surface area contributed by atoms with Crippen LogP contribution in [0.4, 0.5) is 0 Å². The maximum absolute atomic E-state index is 8.26. The molecule has 0 aromatic carbocycles. The van der Waals surface area contributed by atoms with E-state index < -0.39 is 0 Å². The van der Waals surface area contributed by atoms with Gasteiger partial charge in [0.2, 0.25) is 0 Å². The predicted molar refractivity (Wildman–Crippen MR) is 33.8 cm³/mol. The molecule has 1 heterocycles. The molecule has 0 fully saturated rings. The van der Waals surface area contributed by atoms with Gasteiger partial charge in [0.05, 0.1) is 23.9 Å². The maximum atomic E-state index is 8.26. The van der Waals surface area contributed by atoms with E-state index in [0.717, 1.165) is 11.4 Å². The van der Waals surface area contributed by atoms with Gasteiger partial charge >= 0.3 is 0 Å². The van der Waals surface area contributed by atoms with E-state index in [1.807, 2.05) is 18.7 Å². The van der Waals surface area contributed by atoms with Crippen LogP contribution in [0.15, 0.2) is 0 Å². The molecule has 0 bridgehead atoms. The first-order valence-corrected chi connectivity index (χ1v) is 2.83. The molecule has 0 radical (unpaired) electrons. The Morgan fingerprint density at radius 3 is 2.78 bits per heavy atom. The number of aryl methyl sites for hydroxylation is 1. The van der Waals surface area contributed by atoms with Crippen molar-refractivity contribution in [2.24, 2.45) is 7.05 Å². The lowest BCUT2D eigenvalue weighted by molar-refractivity contribution is 0.619. The van der Waals surface area contributed by atoms with Crippen LogP contribution in [0, 0.1) is 18.3 Å². The monoisotopic (exact) mass is 123 g/mol. The predicted octanol–water partition coefficient (Wildman–Crippen LogP) is 0.728. The molecule has 0 saturated carbocycles. The fourth-order valence-corrected chi connectivity index (χ4v) is 0.763. The molecule has 3 nitrogen and oxygen atoms in total. The quantitative estimate of drug-likeness (QED) is 0.587. The Morgan fingerprint density at radius 2 is 2.44 bits per heavy atom. The number of aromatic nitrogens is 2. The molecule has 0 amide bonds. The van der Waals surface area contributed by atoms with E-state index in [1.54, 1.807) is 0 Å². The van der Waals surface area contributed by atoms with Crippen molar-refractivity contribution in [1.29, 1.82) is 5.26 Å². The van der Waals surface area contributed by atoms with E-state index in [-0.39, 0.29) is 0 Å². The highest BCUT2D eigenvalue weighted by Crippen LogP contribution is 2.04. The molecular weight excluding hydrogens is 114 g/mol. The summed E-state index contributed by atoms with van der Waals surface area (Å²) in [5.41, 5.74) is 2.21. The highest BCUT2D eigenvalue weighted by molar-refractivity contribution is 5.14. The normalized spacial score (nSPS) is 9.44. The molecule has 0 aliphatic carbocycles. The number of aromatic amines is 1. The van der Waals surface area contributed by atoms with Crippen molar-refractivity contribution in [3.63, 3.8) is 0 Å². The Morgan fingerprint density at radius 1 is 1.78 bits per heavy atom. The van der Waals surface area contributed by atoms with Crippen molar-refractivity contribution >= 4 is 0 Å². The van der Waals surface area contributed by atoms with Gasteiger partial charge in [-0.3, -0.25) is 4.68 Å². The molecular formula is C6H9N3. The third-order valence-electron chi connectivity index (χ3n) is 1.50. The first-order chi connectivity index (χ1) is 4.25. The lowest BCUT2D eigenvalue weighted by Crippen LogP contribution is -2.14. The van der Waals surface area contributed by atoms with E-state index in [1.165, 1.54) is 0 Å². The molecule has 1 rings (SSSR count). The third-order valence-corrected chi connectivity index (χ3v) is 1.50. The van der Waals surface area contributed by atoms with Crippen molar-refractivity contribution in [2.75, 3.05) is 0 Å². The van der Waals surface area contributed by atoms with Crippen LogP contribution in [0.5, 0.6) is 0 Å². The number of rotatable bonds is 1. The van der Waals surface area contributed by atoms with Gasteiger partial charge in [-0.05, 0) is 6.92 Å². The molecule has 1 aromatic heterocycles. The third kappa shape index (κ3) is 0.833. The molecule has 0 aliphatic rings. The number of hydrogen-bond acceptors (Lipinski definition) is 1. The van der Waals surface area contributed by atoms with Gasteiger partial charge in [-0.2, -0.15) is 5.26 Å². The summed E-state index contributed by atoms with van der Waals surface area (Å²) in [6, 6.07) is 2.07. The summed E-state index contributed by atoms with van der Waals surface area (Å²) in [7, 11) is 1.93. The minimum Gasteiger partial charge on any atom is -0.300 e. The molecule has 3 heteroatoms. The molecule has 0 saturated heterocycles. The highest BCUT2D eigenvalue weighted by atomic mass is 15.3. The van der Waals surface area contributed by atoms with Gasteiger partial charge in [0.15, 0.2) is 0 Å². The van der Waals surface area contributed by atoms with Crippen molar-refractivity contribution < 1.29 is 0 Å². The van der Waals surface area contributed by atoms with E-state index in [2.05, 4.69) is 11.2 Å². The van der Waals surface area contributed by atoms with Gasteiger partial charge < -0.3 is 5.10 Å². The van der Waals surface area contributed by atoms with Crippen LogP contribution >= 0.6 is 0 Å². The molecule has 1 aromatic rings. The standard InChI is InChI=1S/C6H9N3/c1-5-6(3-4-7)8-9(5)2/h8H,3H2,1-2H3. The van der Waals surface area contributed by atoms with Crippen molar-refractivity contribution in [3.05, 3.63) is 11.4 Å². The topological polar surface area (TPSA) is 44.5 Å². The van der Waals surface area contributed by atoms with Gasteiger partial charge in [-0.15, -0.1) is 0 Å². The average molecular weight is 123 g/mol. The highest BCUT2D eigenvalue weighted by Gasteiger charge is 2.03. The second-order valence-electron chi connectivity index (χ2n) is 2.07. The molecule has 0 aliphatic heterocycles. The van der Waals surface area contributed by atoms with E-state index in [4.69, 9.17) is 5.26 Å². The first-order valence-electron chi connectivity index (χ1n) is 2.83. The minimum atomic E-state index is 0.496. The summed E-state index contributed by atoms with van der Waals surface area (Å²) in [6.07, 6.45) is 0.496. The van der Waals surface area contributed by atoms with E-state index >= 15 is 0 Å². The number of hydrogen-bond donors (Lipinski definition) is 1. The Labute approximate surface area is 53.9 Å². The SMILES string of the molecule is Cc1c(CC#N)[nH]n1C. The Kier molecular flexibility index (Phi) is 1.31. The first kappa shape index (κ1) is 5.96. The van der Waals surface area contributed by atoms with E-state index in [0.29, 0.717) is 6.42 Å². The average Bonchev–Trinajstić information content (AvgIpc) is 1.88. The van der Waals surface area contributed by atoms with Gasteiger partial charge in [0.25, 0.3) is 0 Å².